The van der Waals surface area contributed by atoms with Gasteiger partial charge in [-0.3, -0.25) is 0 Å². The highest BCUT2D eigenvalue weighted by molar-refractivity contribution is 7.88. The van der Waals surface area contributed by atoms with Crippen molar-refractivity contribution in [1.82, 2.24) is 19.1 Å². The summed E-state index contributed by atoms with van der Waals surface area (Å²) in [5.74, 6) is 0.270. The molecule has 0 unspecified atom stereocenters. The fraction of sp³-hybridized carbons (Fsp3) is 0.458. The number of hydrogen-bond donors (Lipinski definition) is 0. The third-order valence-electron chi connectivity index (χ3n) is 6.76. The van der Waals surface area contributed by atoms with Gasteiger partial charge in [0, 0.05) is 63.4 Å². The number of nitrogens with zero attached hydrogens (tertiary/aromatic N) is 5. The number of hydrogen-bond acceptors (Lipinski definition) is 6. The first-order valence-electron chi connectivity index (χ1n) is 11.5. The van der Waals surface area contributed by atoms with Crippen molar-refractivity contribution in [2.45, 2.75) is 18.9 Å². The number of sulfonamides is 1. The third kappa shape index (κ3) is 5.86. The van der Waals surface area contributed by atoms with Gasteiger partial charge in [-0.2, -0.15) is 9.57 Å². The molecule has 3 heterocycles. The number of carbonyl (C=O) groups is 1. The predicted molar refractivity (Wildman–Crippen MR) is 137 cm³/mol. The van der Waals surface area contributed by atoms with Gasteiger partial charge in [0.25, 0.3) is 0 Å². The average molecular weight is 552 g/mol. The molecule has 2 aliphatic rings. The summed E-state index contributed by atoms with van der Waals surface area (Å²) < 4.78 is 31.2. The molecule has 3 atom stereocenters. The second-order valence-corrected chi connectivity index (χ2v) is 11.9. The summed E-state index contributed by atoms with van der Waals surface area (Å²) in [6, 6.07) is 10.7. The molecule has 0 bridgehead atoms. The van der Waals surface area contributed by atoms with E-state index in [4.69, 9.17) is 33.2 Å². The Labute approximate surface area is 221 Å². The number of pyridine rings is 1. The predicted octanol–water partition coefficient (Wildman–Crippen LogP) is 3.44. The van der Waals surface area contributed by atoms with Crippen molar-refractivity contribution in [1.29, 1.82) is 5.26 Å². The van der Waals surface area contributed by atoms with Crippen LogP contribution in [0.25, 0.3) is 0 Å². The molecule has 192 valence electrons. The number of benzene rings is 1. The largest absolute Gasteiger partial charge is 0.474 e. The minimum atomic E-state index is -3.28. The van der Waals surface area contributed by atoms with Crippen molar-refractivity contribution < 1.29 is 17.9 Å². The van der Waals surface area contributed by atoms with Gasteiger partial charge in [-0.25, -0.2) is 18.2 Å². The number of aromatic nitrogens is 1. The van der Waals surface area contributed by atoms with Gasteiger partial charge in [0.2, 0.25) is 15.9 Å². The molecule has 1 aromatic heterocycles. The van der Waals surface area contributed by atoms with E-state index in [-0.39, 0.29) is 37.1 Å². The molecule has 9 nitrogen and oxygen atoms in total. The molecule has 1 aromatic carbocycles. The van der Waals surface area contributed by atoms with Crippen molar-refractivity contribution in [2.75, 3.05) is 45.5 Å². The lowest BCUT2D eigenvalue weighted by Crippen LogP contribution is -2.53. The molecule has 0 aliphatic carbocycles. The maximum atomic E-state index is 13.4. The van der Waals surface area contributed by atoms with Crippen molar-refractivity contribution in [2.24, 2.45) is 5.92 Å². The van der Waals surface area contributed by atoms with E-state index >= 15 is 0 Å². The number of likely N-dealkylation sites (tertiary alicyclic amines) is 1. The number of nitriles is 1. The Morgan fingerprint density at radius 2 is 1.83 bits per heavy atom. The number of rotatable bonds is 5. The van der Waals surface area contributed by atoms with Gasteiger partial charge < -0.3 is 14.5 Å². The van der Waals surface area contributed by atoms with Crippen LogP contribution in [0.1, 0.15) is 24.0 Å². The van der Waals surface area contributed by atoms with E-state index < -0.39 is 10.0 Å². The summed E-state index contributed by atoms with van der Waals surface area (Å²) in [4.78, 5) is 21.1. The molecule has 4 rings (SSSR count). The lowest BCUT2D eigenvalue weighted by atomic mass is 9.86. The Bertz CT molecular complexity index is 1260. The zero-order valence-electron chi connectivity index (χ0n) is 20.0. The molecule has 0 saturated carbocycles. The van der Waals surface area contributed by atoms with Gasteiger partial charge in [0.05, 0.1) is 21.9 Å². The topological polar surface area (TPSA) is 107 Å². The summed E-state index contributed by atoms with van der Waals surface area (Å²) >= 11 is 12.4. The quantitative estimate of drug-likeness (QED) is 0.563. The van der Waals surface area contributed by atoms with Gasteiger partial charge in [-0.15, -0.1) is 0 Å². The molecular formula is C24H27Cl2N5O4S. The summed E-state index contributed by atoms with van der Waals surface area (Å²) in [6.07, 6.45) is 2.34. The Hall–Kier alpha value is -2.58. The second-order valence-electron chi connectivity index (χ2n) is 9.10. The molecule has 2 saturated heterocycles. The van der Waals surface area contributed by atoms with E-state index in [1.165, 1.54) is 16.8 Å². The number of carbonyl (C=O) groups excluding carboxylic acids is 1. The van der Waals surface area contributed by atoms with Crippen LogP contribution in [0.4, 0.5) is 4.79 Å². The first-order valence-corrected chi connectivity index (χ1v) is 14.1. The molecule has 2 aromatic rings. The molecular weight excluding hydrogens is 525 g/mol. The lowest BCUT2D eigenvalue weighted by molar-refractivity contribution is 0.126. The fourth-order valence-corrected chi connectivity index (χ4v) is 5.89. The highest BCUT2D eigenvalue weighted by Gasteiger charge is 2.42. The molecule has 2 amide bonds. The van der Waals surface area contributed by atoms with Gasteiger partial charge in [0.15, 0.2) is 0 Å². The van der Waals surface area contributed by atoms with E-state index in [1.807, 2.05) is 25.1 Å². The van der Waals surface area contributed by atoms with Crippen molar-refractivity contribution in [3.8, 4) is 11.9 Å². The summed E-state index contributed by atoms with van der Waals surface area (Å²) in [5, 5.41) is 9.90. The maximum Gasteiger partial charge on any atom is 0.320 e. The van der Waals surface area contributed by atoms with Crippen LogP contribution in [0, 0.1) is 17.2 Å². The summed E-state index contributed by atoms with van der Waals surface area (Å²) in [5.41, 5.74) is 1.40. The van der Waals surface area contributed by atoms with Gasteiger partial charge in [0.1, 0.15) is 12.2 Å². The van der Waals surface area contributed by atoms with E-state index in [2.05, 4.69) is 4.98 Å². The van der Waals surface area contributed by atoms with Gasteiger partial charge >= 0.3 is 6.03 Å². The zero-order valence-corrected chi connectivity index (χ0v) is 22.3. The van der Waals surface area contributed by atoms with E-state index in [0.29, 0.717) is 47.7 Å². The summed E-state index contributed by atoms with van der Waals surface area (Å²) in [7, 11) is -3.28. The van der Waals surface area contributed by atoms with Crippen LogP contribution in [0.5, 0.6) is 5.88 Å². The molecule has 0 spiro atoms. The first kappa shape index (κ1) is 26.5. The Morgan fingerprint density at radius 1 is 1.11 bits per heavy atom. The van der Waals surface area contributed by atoms with Crippen molar-refractivity contribution in [3.63, 3.8) is 0 Å². The number of urea groups is 1. The lowest BCUT2D eigenvalue weighted by Gasteiger charge is -2.35. The smallest absolute Gasteiger partial charge is 0.320 e. The Balaban J connectivity index is 1.52. The third-order valence-corrected chi connectivity index (χ3v) is 8.80. The van der Waals surface area contributed by atoms with Crippen LogP contribution in [-0.4, -0.2) is 85.2 Å². The number of piperazine rings is 1. The molecule has 2 fully saturated rings. The average Bonchev–Trinajstić information content (AvgIpc) is 3.31. The highest BCUT2D eigenvalue weighted by Crippen LogP contribution is 2.38. The maximum absolute atomic E-state index is 13.4. The van der Waals surface area contributed by atoms with Crippen LogP contribution in [0.3, 0.4) is 0 Å². The Kier molecular flexibility index (Phi) is 7.95. The van der Waals surface area contributed by atoms with Crippen LogP contribution < -0.4 is 4.74 Å². The van der Waals surface area contributed by atoms with Gasteiger partial charge in [-0.05, 0) is 30.7 Å². The van der Waals surface area contributed by atoms with Crippen LogP contribution in [-0.2, 0) is 10.0 Å². The first-order chi connectivity index (χ1) is 17.1. The monoisotopic (exact) mass is 551 g/mol. The number of halogens is 2. The summed E-state index contributed by atoms with van der Waals surface area (Å²) in [6.45, 7) is 4.09. The van der Waals surface area contributed by atoms with E-state index in [0.717, 1.165) is 5.56 Å². The second kappa shape index (κ2) is 10.8. The van der Waals surface area contributed by atoms with E-state index in [9.17, 15) is 13.2 Å². The minimum Gasteiger partial charge on any atom is -0.474 e. The van der Waals surface area contributed by atoms with Crippen LogP contribution in [0.2, 0.25) is 10.0 Å². The van der Waals surface area contributed by atoms with Crippen LogP contribution in [0.15, 0.2) is 36.5 Å². The van der Waals surface area contributed by atoms with Crippen molar-refractivity contribution in [3.05, 3.63) is 57.7 Å². The van der Waals surface area contributed by atoms with Gasteiger partial charge in [-0.1, -0.05) is 29.3 Å². The SMILES string of the molecule is C[C@H](Oc1ccc(C#N)cn1)[C@@H]1CN(C(=O)N2CCN(S(C)(=O)=O)CC2)C[C@@H]1c1ccc(Cl)c(Cl)c1. The molecule has 36 heavy (non-hydrogen) atoms. The van der Waals surface area contributed by atoms with Crippen molar-refractivity contribution >= 4 is 39.3 Å². The molecule has 12 heteroatoms. The minimum absolute atomic E-state index is 0.0607. The Morgan fingerprint density at radius 3 is 2.42 bits per heavy atom. The zero-order chi connectivity index (χ0) is 26.0. The highest BCUT2D eigenvalue weighted by atomic mass is 35.5. The standard InChI is InChI=1S/C24H27Cl2N5O4S/c1-16(35-23-6-3-17(12-27)13-28-23)19-14-30(15-20(19)18-4-5-21(25)22(26)11-18)24(32)29-7-9-31(10-8-29)36(2,33)34/h3-6,11,13,16,19-20H,7-10,14-15H2,1-2H3/t16-,19-,20+/m0/s1. The molecule has 2 aliphatic heterocycles. The number of ether oxygens (including phenoxy) is 1. The molecule has 0 radical (unpaired) electrons. The number of amides is 2. The molecule has 0 N–H and O–H groups in total. The fourth-order valence-electron chi connectivity index (χ4n) is 4.76. The van der Waals surface area contributed by atoms with E-state index in [1.54, 1.807) is 28.0 Å². The van der Waals surface area contributed by atoms with Crippen LogP contribution >= 0.6 is 23.2 Å². The normalized spacial score (nSPS) is 21.8.